The molecule has 2 aromatic rings. The number of aromatic nitrogens is 2. The van der Waals surface area contributed by atoms with Crippen LogP contribution in [0.25, 0.3) is 5.65 Å². The van der Waals surface area contributed by atoms with Gasteiger partial charge in [-0.15, -0.1) is 24.0 Å². The van der Waals surface area contributed by atoms with Crippen molar-refractivity contribution in [3.05, 3.63) is 35.2 Å². The van der Waals surface area contributed by atoms with E-state index in [4.69, 9.17) is 11.6 Å². The monoisotopic (exact) mass is 421 g/mol. The van der Waals surface area contributed by atoms with Gasteiger partial charge in [0, 0.05) is 25.0 Å². The molecule has 2 rings (SSSR count). The average molecular weight is 422 g/mol. The summed E-state index contributed by atoms with van der Waals surface area (Å²) >= 11 is 5.96. The first-order valence-corrected chi connectivity index (χ1v) is 6.87. The third-order valence-electron chi connectivity index (χ3n) is 2.62. The number of guanidine groups is 1. The summed E-state index contributed by atoms with van der Waals surface area (Å²) in [6.45, 7) is 6.88. The first kappa shape index (κ1) is 18.0. The predicted molar refractivity (Wildman–Crippen MR) is 98.7 cm³/mol. The van der Waals surface area contributed by atoms with Crippen molar-refractivity contribution in [1.82, 2.24) is 20.0 Å². The van der Waals surface area contributed by atoms with Gasteiger partial charge in [-0.05, 0) is 32.9 Å². The average Bonchev–Trinajstić information content (AvgIpc) is 2.75. The number of nitrogens with one attached hydrogen (secondary N) is 2. The second-order valence-electron chi connectivity index (χ2n) is 5.65. The maximum absolute atomic E-state index is 5.96. The van der Waals surface area contributed by atoms with Crippen LogP contribution in [0, 0.1) is 0 Å². The van der Waals surface area contributed by atoms with Gasteiger partial charge < -0.3 is 15.0 Å². The van der Waals surface area contributed by atoms with Crippen LogP contribution in [0.15, 0.2) is 29.5 Å². The summed E-state index contributed by atoms with van der Waals surface area (Å²) < 4.78 is 1.92. The van der Waals surface area contributed by atoms with E-state index in [1.165, 1.54) is 0 Å². The minimum absolute atomic E-state index is 0. The van der Waals surface area contributed by atoms with Gasteiger partial charge in [0.05, 0.1) is 17.3 Å². The van der Waals surface area contributed by atoms with Crippen LogP contribution in [0.1, 0.15) is 26.5 Å². The molecule has 0 radical (unpaired) electrons. The highest BCUT2D eigenvalue weighted by atomic mass is 127. The Morgan fingerprint density at radius 1 is 1.33 bits per heavy atom. The maximum atomic E-state index is 5.96. The molecule has 21 heavy (non-hydrogen) atoms. The minimum Gasteiger partial charge on any atom is -0.352 e. The van der Waals surface area contributed by atoms with Gasteiger partial charge in [0.2, 0.25) is 0 Å². The Labute approximate surface area is 147 Å². The quantitative estimate of drug-likeness (QED) is 0.445. The summed E-state index contributed by atoms with van der Waals surface area (Å²) in [5.74, 6) is 0.757. The molecular weight excluding hydrogens is 401 g/mol. The van der Waals surface area contributed by atoms with Crippen molar-refractivity contribution in [2.45, 2.75) is 32.9 Å². The molecule has 7 heteroatoms. The summed E-state index contributed by atoms with van der Waals surface area (Å²) in [5.41, 5.74) is 1.78. The van der Waals surface area contributed by atoms with Crippen molar-refractivity contribution in [3.8, 4) is 0 Å². The molecule has 0 aliphatic carbocycles. The molecule has 0 aromatic carbocycles. The fraction of sp³-hybridized carbons (Fsp3) is 0.429. The summed E-state index contributed by atoms with van der Waals surface area (Å²) in [6, 6.07) is 3.73. The molecule has 0 saturated heterocycles. The van der Waals surface area contributed by atoms with E-state index in [-0.39, 0.29) is 29.5 Å². The molecule has 2 aromatic heterocycles. The standard InChI is InChI=1S/C14H20ClN5.HI/c1-14(2,3)19-13(16-4)17-7-11-9-20-8-10(15)5-6-12(20)18-11;/h5-6,8-9H,7H2,1-4H3,(H2,16,17,19);1H. The normalized spacial score (nSPS) is 12.1. The zero-order valence-electron chi connectivity index (χ0n) is 12.6. The van der Waals surface area contributed by atoms with Gasteiger partial charge >= 0.3 is 0 Å². The number of nitrogens with zero attached hydrogens (tertiary/aromatic N) is 3. The van der Waals surface area contributed by atoms with E-state index in [1.807, 2.05) is 28.9 Å². The van der Waals surface area contributed by atoms with Crippen molar-refractivity contribution >= 4 is 47.2 Å². The summed E-state index contributed by atoms with van der Waals surface area (Å²) in [5, 5.41) is 7.24. The van der Waals surface area contributed by atoms with Crippen molar-refractivity contribution in [3.63, 3.8) is 0 Å². The van der Waals surface area contributed by atoms with Crippen LogP contribution in [-0.2, 0) is 6.54 Å². The number of pyridine rings is 1. The van der Waals surface area contributed by atoms with Gasteiger partial charge in [0.1, 0.15) is 5.65 Å². The molecule has 0 saturated carbocycles. The Balaban J connectivity index is 0.00000220. The van der Waals surface area contributed by atoms with Crippen molar-refractivity contribution < 1.29 is 0 Å². The minimum atomic E-state index is -0.0335. The number of hydrogen-bond acceptors (Lipinski definition) is 2. The van der Waals surface area contributed by atoms with Gasteiger partial charge in [-0.2, -0.15) is 0 Å². The van der Waals surface area contributed by atoms with Gasteiger partial charge in [-0.1, -0.05) is 11.6 Å². The molecule has 0 amide bonds. The molecule has 116 valence electrons. The fourth-order valence-electron chi connectivity index (χ4n) is 1.81. The van der Waals surface area contributed by atoms with Crippen molar-refractivity contribution in [2.75, 3.05) is 7.05 Å². The van der Waals surface area contributed by atoms with Crippen LogP contribution < -0.4 is 10.6 Å². The number of rotatable bonds is 2. The lowest BCUT2D eigenvalue weighted by molar-refractivity contribution is 0.501. The molecule has 0 bridgehead atoms. The highest BCUT2D eigenvalue weighted by Gasteiger charge is 2.12. The van der Waals surface area contributed by atoms with Crippen LogP contribution in [0.2, 0.25) is 5.02 Å². The maximum Gasteiger partial charge on any atom is 0.191 e. The SMILES string of the molecule is CN=C(NCc1cn2cc(Cl)ccc2n1)NC(C)(C)C.I. The van der Waals surface area contributed by atoms with E-state index >= 15 is 0 Å². The zero-order chi connectivity index (χ0) is 14.8. The van der Waals surface area contributed by atoms with Crippen LogP contribution in [0.5, 0.6) is 0 Å². The molecule has 0 spiro atoms. The molecule has 5 nitrogen and oxygen atoms in total. The summed E-state index contributed by atoms with van der Waals surface area (Å²) in [6.07, 6.45) is 3.80. The fourth-order valence-corrected chi connectivity index (χ4v) is 1.98. The topological polar surface area (TPSA) is 53.7 Å². The third kappa shape index (κ3) is 5.35. The van der Waals surface area contributed by atoms with Crippen LogP contribution in [0.4, 0.5) is 0 Å². The second kappa shape index (κ2) is 7.31. The molecular formula is C14H21ClIN5. The first-order valence-electron chi connectivity index (χ1n) is 6.49. The molecule has 2 heterocycles. The summed E-state index contributed by atoms with van der Waals surface area (Å²) in [7, 11) is 1.75. The lowest BCUT2D eigenvalue weighted by Crippen LogP contribution is -2.47. The lowest BCUT2D eigenvalue weighted by atomic mass is 10.1. The van der Waals surface area contributed by atoms with E-state index in [0.29, 0.717) is 11.6 Å². The van der Waals surface area contributed by atoms with E-state index in [1.54, 1.807) is 7.05 Å². The zero-order valence-corrected chi connectivity index (χ0v) is 15.7. The second-order valence-corrected chi connectivity index (χ2v) is 6.08. The Hall–Kier alpha value is -1.02. The van der Waals surface area contributed by atoms with E-state index in [2.05, 4.69) is 41.4 Å². The van der Waals surface area contributed by atoms with Crippen LogP contribution >= 0.6 is 35.6 Å². The third-order valence-corrected chi connectivity index (χ3v) is 2.84. The number of hydrogen-bond donors (Lipinski definition) is 2. The van der Waals surface area contributed by atoms with Crippen molar-refractivity contribution in [1.29, 1.82) is 0 Å². The van der Waals surface area contributed by atoms with Gasteiger partial charge in [0.25, 0.3) is 0 Å². The van der Waals surface area contributed by atoms with Crippen molar-refractivity contribution in [2.24, 2.45) is 4.99 Å². The lowest BCUT2D eigenvalue weighted by Gasteiger charge is -2.23. The van der Waals surface area contributed by atoms with Crippen LogP contribution in [-0.4, -0.2) is 27.9 Å². The Morgan fingerprint density at radius 3 is 2.67 bits per heavy atom. The highest BCUT2D eigenvalue weighted by Crippen LogP contribution is 2.11. The Kier molecular flexibility index (Phi) is 6.27. The largest absolute Gasteiger partial charge is 0.352 e. The Morgan fingerprint density at radius 2 is 2.05 bits per heavy atom. The summed E-state index contributed by atoms with van der Waals surface area (Å²) in [4.78, 5) is 8.71. The van der Waals surface area contributed by atoms with Gasteiger partial charge in [-0.25, -0.2) is 4.98 Å². The van der Waals surface area contributed by atoms with Gasteiger partial charge in [-0.3, -0.25) is 4.99 Å². The van der Waals surface area contributed by atoms with E-state index in [9.17, 15) is 0 Å². The number of halogens is 2. The smallest absolute Gasteiger partial charge is 0.191 e. The number of aliphatic imine (C=N–C) groups is 1. The molecule has 0 unspecified atom stereocenters. The Bertz CT molecular complexity index is 630. The van der Waals surface area contributed by atoms with Crippen LogP contribution in [0.3, 0.4) is 0 Å². The molecule has 0 aliphatic rings. The predicted octanol–water partition coefficient (Wildman–Crippen LogP) is 3.07. The number of imidazole rings is 1. The molecule has 0 fully saturated rings. The van der Waals surface area contributed by atoms with E-state index < -0.39 is 0 Å². The molecule has 0 atom stereocenters. The first-order chi connectivity index (χ1) is 9.37. The highest BCUT2D eigenvalue weighted by molar-refractivity contribution is 14.0. The van der Waals surface area contributed by atoms with Gasteiger partial charge in [0.15, 0.2) is 5.96 Å². The molecule has 0 aliphatic heterocycles. The van der Waals surface area contributed by atoms with E-state index in [0.717, 1.165) is 17.3 Å². The number of fused-ring (bicyclic) bond motifs is 1. The molecule has 2 N–H and O–H groups in total.